The van der Waals surface area contributed by atoms with Crippen molar-refractivity contribution >= 4 is 29.9 Å². The molecule has 0 saturated heterocycles. The minimum atomic E-state index is 0. The Morgan fingerprint density at radius 3 is 2.38 bits per heavy atom. The maximum absolute atomic E-state index is 5.72. The number of nitrogens with one attached hydrogen (secondary N) is 2. The summed E-state index contributed by atoms with van der Waals surface area (Å²) in [7, 11) is 1.74. The molecule has 0 radical (unpaired) electrons. The van der Waals surface area contributed by atoms with Crippen LogP contribution in [0.2, 0.25) is 0 Å². The highest BCUT2D eigenvalue weighted by atomic mass is 127. The van der Waals surface area contributed by atoms with Gasteiger partial charge in [0.25, 0.3) is 0 Å². The zero-order valence-corrected chi connectivity index (χ0v) is 20.4. The van der Waals surface area contributed by atoms with Crippen LogP contribution < -0.4 is 20.1 Å². The van der Waals surface area contributed by atoms with E-state index in [0.717, 1.165) is 28.5 Å². The van der Waals surface area contributed by atoms with Crippen LogP contribution in [0.1, 0.15) is 63.6 Å². The van der Waals surface area contributed by atoms with E-state index in [9.17, 15) is 0 Å². The van der Waals surface area contributed by atoms with Crippen LogP contribution in [-0.4, -0.2) is 31.4 Å². The van der Waals surface area contributed by atoms with Gasteiger partial charge in [0.05, 0.1) is 31.5 Å². The predicted molar refractivity (Wildman–Crippen MR) is 127 cm³/mol. The van der Waals surface area contributed by atoms with Crippen molar-refractivity contribution in [2.75, 3.05) is 20.3 Å². The predicted octanol–water partition coefficient (Wildman–Crippen LogP) is 4.64. The maximum atomic E-state index is 5.72. The van der Waals surface area contributed by atoms with Crippen LogP contribution in [0.15, 0.2) is 33.8 Å². The average Bonchev–Trinajstić information content (AvgIpc) is 3.16. The Kier molecular flexibility index (Phi) is 10.9. The molecule has 1 atom stereocenters. The van der Waals surface area contributed by atoms with Crippen LogP contribution in [0, 0.1) is 0 Å². The normalized spacial score (nSPS) is 12.3. The van der Waals surface area contributed by atoms with Crippen molar-refractivity contribution < 1.29 is 14.0 Å². The molecule has 2 rings (SSSR count). The molecule has 1 aromatic heterocycles. The number of aromatic nitrogens is 1. The van der Waals surface area contributed by atoms with E-state index >= 15 is 0 Å². The minimum absolute atomic E-state index is 0. The van der Waals surface area contributed by atoms with Gasteiger partial charge in [0.15, 0.2) is 23.2 Å². The first-order valence-electron chi connectivity index (χ1n) is 9.80. The molecule has 0 aliphatic carbocycles. The fourth-order valence-corrected chi connectivity index (χ4v) is 2.68. The Balaban J connectivity index is 0.00000420. The van der Waals surface area contributed by atoms with Crippen LogP contribution in [0.3, 0.4) is 0 Å². The molecule has 2 N–H and O–H groups in total. The maximum Gasteiger partial charge on any atom is 0.191 e. The van der Waals surface area contributed by atoms with Gasteiger partial charge in [-0.2, -0.15) is 0 Å². The third kappa shape index (κ3) is 7.41. The lowest BCUT2D eigenvalue weighted by Gasteiger charge is -2.19. The number of hydrogen-bond acceptors (Lipinski definition) is 5. The Morgan fingerprint density at radius 2 is 1.79 bits per heavy atom. The molecule has 0 fully saturated rings. The topological polar surface area (TPSA) is 80.9 Å². The molecule has 0 amide bonds. The number of nitrogens with zero attached hydrogens (tertiary/aromatic N) is 2. The van der Waals surface area contributed by atoms with E-state index in [2.05, 4.69) is 41.6 Å². The lowest BCUT2D eigenvalue weighted by molar-refractivity contribution is 0.287. The van der Waals surface area contributed by atoms with Crippen molar-refractivity contribution in [3.8, 4) is 11.5 Å². The van der Waals surface area contributed by atoms with Crippen molar-refractivity contribution in [1.82, 2.24) is 15.8 Å². The molecule has 2 aromatic rings. The van der Waals surface area contributed by atoms with E-state index in [-0.39, 0.29) is 30.0 Å². The van der Waals surface area contributed by atoms with E-state index in [1.54, 1.807) is 7.05 Å². The van der Waals surface area contributed by atoms with Crippen molar-refractivity contribution in [1.29, 1.82) is 0 Å². The van der Waals surface area contributed by atoms with Crippen molar-refractivity contribution in [2.45, 2.75) is 53.1 Å². The summed E-state index contributed by atoms with van der Waals surface area (Å²) < 4.78 is 16.7. The molecule has 1 aromatic carbocycles. The molecule has 1 heterocycles. The van der Waals surface area contributed by atoms with Crippen molar-refractivity contribution in [2.24, 2.45) is 4.99 Å². The molecular weight excluding hydrogens is 483 g/mol. The van der Waals surface area contributed by atoms with E-state index in [4.69, 9.17) is 14.0 Å². The number of halogens is 1. The van der Waals surface area contributed by atoms with Gasteiger partial charge < -0.3 is 24.6 Å². The second kappa shape index (κ2) is 12.6. The molecule has 7 nitrogen and oxygen atoms in total. The van der Waals surface area contributed by atoms with Gasteiger partial charge in [-0.25, -0.2) is 0 Å². The standard InChI is InChI=1S/C21H32N4O3.HI/c1-7-26-19-10-9-16(11-20(19)27-8-2)15(5)24-21(22-6)23-13-17-12-18(14(3)4)25-28-17;/h9-12,14-15H,7-8,13H2,1-6H3,(H2,22,23,24);1H. The van der Waals surface area contributed by atoms with Gasteiger partial charge in [0.1, 0.15) is 0 Å². The second-order valence-electron chi connectivity index (χ2n) is 6.74. The summed E-state index contributed by atoms with van der Waals surface area (Å²) in [6, 6.07) is 7.98. The summed E-state index contributed by atoms with van der Waals surface area (Å²) in [5.74, 6) is 3.31. The Labute approximate surface area is 190 Å². The zero-order valence-electron chi connectivity index (χ0n) is 18.1. The van der Waals surface area contributed by atoms with E-state index in [0.29, 0.717) is 31.6 Å². The lowest BCUT2D eigenvalue weighted by atomic mass is 10.1. The first kappa shape index (κ1) is 25.1. The van der Waals surface area contributed by atoms with Crippen LogP contribution in [0.4, 0.5) is 0 Å². The first-order chi connectivity index (χ1) is 13.5. The minimum Gasteiger partial charge on any atom is -0.490 e. The van der Waals surface area contributed by atoms with Gasteiger partial charge in [-0.1, -0.05) is 25.1 Å². The average molecular weight is 516 g/mol. The second-order valence-corrected chi connectivity index (χ2v) is 6.74. The summed E-state index contributed by atoms with van der Waals surface area (Å²) >= 11 is 0. The van der Waals surface area contributed by atoms with Gasteiger partial charge in [-0.3, -0.25) is 4.99 Å². The molecule has 29 heavy (non-hydrogen) atoms. The van der Waals surface area contributed by atoms with Gasteiger partial charge in [0.2, 0.25) is 0 Å². The number of hydrogen-bond donors (Lipinski definition) is 2. The third-order valence-corrected chi connectivity index (χ3v) is 4.24. The fraction of sp³-hybridized carbons (Fsp3) is 0.524. The van der Waals surface area contributed by atoms with Gasteiger partial charge in [-0.05, 0) is 44.4 Å². The molecular formula is C21H33IN4O3. The molecule has 0 spiro atoms. The smallest absolute Gasteiger partial charge is 0.191 e. The summed E-state index contributed by atoms with van der Waals surface area (Å²) in [4.78, 5) is 4.29. The Hall–Kier alpha value is -1.97. The number of rotatable bonds is 9. The highest BCUT2D eigenvalue weighted by Gasteiger charge is 2.13. The summed E-state index contributed by atoms with van der Waals surface area (Å²) in [5.41, 5.74) is 2.03. The highest BCUT2D eigenvalue weighted by Crippen LogP contribution is 2.30. The first-order valence-corrected chi connectivity index (χ1v) is 9.80. The van der Waals surface area contributed by atoms with Crippen LogP contribution in [0.5, 0.6) is 11.5 Å². The van der Waals surface area contributed by atoms with Crippen molar-refractivity contribution in [3.63, 3.8) is 0 Å². The molecule has 1 unspecified atom stereocenters. The Morgan fingerprint density at radius 1 is 1.10 bits per heavy atom. The summed E-state index contributed by atoms with van der Waals surface area (Å²) in [6.45, 7) is 11.9. The highest BCUT2D eigenvalue weighted by molar-refractivity contribution is 14.0. The number of ether oxygens (including phenoxy) is 2. The number of guanidine groups is 1. The zero-order chi connectivity index (χ0) is 20.5. The number of benzene rings is 1. The monoisotopic (exact) mass is 516 g/mol. The van der Waals surface area contributed by atoms with E-state index in [1.165, 1.54) is 0 Å². The van der Waals surface area contributed by atoms with E-state index in [1.807, 2.05) is 38.1 Å². The molecule has 0 bridgehead atoms. The van der Waals surface area contributed by atoms with Crippen LogP contribution >= 0.6 is 24.0 Å². The molecule has 0 saturated carbocycles. The van der Waals surface area contributed by atoms with Gasteiger partial charge in [-0.15, -0.1) is 24.0 Å². The van der Waals surface area contributed by atoms with Gasteiger partial charge >= 0.3 is 0 Å². The van der Waals surface area contributed by atoms with Crippen LogP contribution in [0.25, 0.3) is 0 Å². The van der Waals surface area contributed by atoms with Gasteiger partial charge in [0, 0.05) is 13.1 Å². The molecule has 162 valence electrons. The fourth-order valence-electron chi connectivity index (χ4n) is 2.68. The lowest BCUT2D eigenvalue weighted by Crippen LogP contribution is -2.38. The summed E-state index contributed by atoms with van der Waals surface area (Å²) in [6.07, 6.45) is 0. The molecule has 0 aliphatic heterocycles. The third-order valence-electron chi connectivity index (χ3n) is 4.24. The quantitative estimate of drug-likeness (QED) is 0.287. The largest absolute Gasteiger partial charge is 0.490 e. The Bertz CT molecular complexity index is 777. The van der Waals surface area contributed by atoms with Crippen molar-refractivity contribution in [3.05, 3.63) is 41.3 Å². The number of aliphatic imine (C=N–C) groups is 1. The molecule has 0 aliphatic rings. The van der Waals surface area contributed by atoms with E-state index < -0.39 is 0 Å². The summed E-state index contributed by atoms with van der Waals surface area (Å²) in [5, 5.41) is 10.7. The SMILES string of the molecule is CCOc1ccc(C(C)NC(=NC)NCc2cc(C(C)C)no2)cc1OCC.I. The molecule has 8 heteroatoms. The van der Waals surface area contributed by atoms with Crippen LogP contribution in [-0.2, 0) is 6.54 Å².